The Morgan fingerprint density at radius 3 is 2.56 bits per heavy atom. The first-order valence-electron chi connectivity index (χ1n) is 4.53. The SMILES string of the molecule is COC(=O)/C=C/c1cc(C(=O)OC)c(C)o1. The lowest BCUT2D eigenvalue weighted by Gasteiger charge is -1.93. The Morgan fingerprint density at radius 1 is 1.31 bits per heavy atom. The molecule has 1 rings (SSSR count). The summed E-state index contributed by atoms with van der Waals surface area (Å²) in [4.78, 5) is 22.1. The van der Waals surface area contributed by atoms with Crippen molar-refractivity contribution in [3.63, 3.8) is 0 Å². The highest BCUT2D eigenvalue weighted by molar-refractivity contribution is 5.91. The second-order valence-electron chi connectivity index (χ2n) is 2.97. The molecule has 0 saturated heterocycles. The maximum atomic E-state index is 11.2. The maximum Gasteiger partial charge on any atom is 0.341 e. The molecule has 1 heterocycles. The molecule has 16 heavy (non-hydrogen) atoms. The fourth-order valence-electron chi connectivity index (χ4n) is 1.12. The van der Waals surface area contributed by atoms with Gasteiger partial charge in [-0.15, -0.1) is 0 Å². The van der Waals surface area contributed by atoms with Gasteiger partial charge in [-0.1, -0.05) is 0 Å². The Bertz CT molecular complexity index is 428. The van der Waals surface area contributed by atoms with Gasteiger partial charge in [0.2, 0.25) is 0 Å². The molecule has 1 aromatic rings. The normalized spacial score (nSPS) is 10.4. The molecule has 0 aliphatic rings. The van der Waals surface area contributed by atoms with Gasteiger partial charge < -0.3 is 13.9 Å². The molecule has 0 fully saturated rings. The average molecular weight is 224 g/mol. The Kier molecular flexibility index (Phi) is 3.88. The predicted molar refractivity (Wildman–Crippen MR) is 55.8 cm³/mol. The van der Waals surface area contributed by atoms with Gasteiger partial charge in [0.05, 0.1) is 14.2 Å². The van der Waals surface area contributed by atoms with Gasteiger partial charge in [0.15, 0.2) is 0 Å². The van der Waals surface area contributed by atoms with Crippen LogP contribution >= 0.6 is 0 Å². The van der Waals surface area contributed by atoms with Crippen LogP contribution in [0.15, 0.2) is 16.6 Å². The van der Waals surface area contributed by atoms with Crippen molar-refractivity contribution in [2.75, 3.05) is 14.2 Å². The van der Waals surface area contributed by atoms with Crippen LogP contribution in [0.4, 0.5) is 0 Å². The molecule has 0 radical (unpaired) electrons. The highest BCUT2D eigenvalue weighted by atomic mass is 16.5. The standard InChI is InChI=1S/C11H12O5/c1-7-9(11(13)15-3)6-8(16-7)4-5-10(12)14-2/h4-6H,1-3H3/b5-4+. The zero-order chi connectivity index (χ0) is 12.1. The van der Waals surface area contributed by atoms with Crippen LogP contribution < -0.4 is 0 Å². The first-order valence-corrected chi connectivity index (χ1v) is 4.53. The van der Waals surface area contributed by atoms with Crippen LogP contribution in [0.2, 0.25) is 0 Å². The molecule has 86 valence electrons. The number of rotatable bonds is 3. The minimum absolute atomic E-state index is 0.340. The van der Waals surface area contributed by atoms with Crippen LogP contribution in [0, 0.1) is 6.92 Å². The van der Waals surface area contributed by atoms with Crippen molar-refractivity contribution in [1.82, 2.24) is 0 Å². The number of furan rings is 1. The number of methoxy groups -OCH3 is 2. The Morgan fingerprint density at radius 2 is 2.00 bits per heavy atom. The predicted octanol–water partition coefficient (Wildman–Crippen LogP) is 1.56. The van der Waals surface area contributed by atoms with Crippen LogP contribution in [-0.2, 0) is 14.3 Å². The van der Waals surface area contributed by atoms with E-state index in [0.29, 0.717) is 17.1 Å². The quantitative estimate of drug-likeness (QED) is 0.575. The summed E-state index contributed by atoms with van der Waals surface area (Å²) in [7, 11) is 2.57. The summed E-state index contributed by atoms with van der Waals surface area (Å²) in [5.74, 6) is -0.132. The minimum Gasteiger partial charge on any atom is -0.466 e. The summed E-state index contributed by atoms with van der Waals surface area (Å²) in [5, 5.41) is 0. The fourth-order valence-corrected chi connectivity index (χ4v) is 1.12. The molecule has 5 nitrogen and oxygen atoms in total. The van der Waals surface area contributed by atoms with Gasteiger partial charge in [-0.25, -0.2) is 9.59 Å². The number of hydrogen-bond donors (Lipinski definition) is 0. The van der Waals surface area contributed by atoms with Crippen LogP contribution in [0.1, 0.15) is 21.9 Å². The molecule has 0 bridgehead atoms. The third kappa shape index (κ3) is 2.73. The largest absolute Gasteiger partial charge is 0.466 e. The molecule has 5 heteroatoms. The topological polar surface area (TPSA) is 65.7 Å². The Balaban J connectivity index is 2.89. The van der Waals surface area contributed by atoms with Crippen molar-refractivity contribution in [2.45, 2.75) is 6.92 Å². The van der Waals surface area contributed by atoms with Crippen LogP contribution in [-0.4, -0.2) is 26.2 Å². The van der Waals surface area contributed by atoms with E-state index in [-0.39, 0.29) is 0 Å². The van der Waals surface area contributed by atoms with Gasteiger partial charge >= 0.3 is 11.9 Å². The molecule has 0 saturated carbocycles. The second-order valence-corrected chi connectivity index (χ2v) is 2.97. The molecule has 0 amide bonds. The minimum atomic E-state index is -0.492. The first kappa shape index (κ1) is 12.0. The number of aryl methyl sites for hydroxylation is 1. The number of hydrogen-bond acceptors (Lipinski definition) is 5. The van der Waals surface area contributed by atoms with E-state index in [0.717, 1.165) is 0 Å². The van der Waals surface area contributed by atoms with Crippen molar-refractivity contribution in [2.24, 2.45) is 0 Å². The van der Waals surface area contributed by atoms with Gasteiger partial charge in [0.25, 0.3) is 0 Å². The highest BCUT2D eigenvalue weighted by Gasteiger charge is 2.13. The van der Waals surface area contributed by atoms with Crippen molar-refractivity contribution in [1.29, 1.82) is 0 Å². The molecule has 0 spiro atoms. The van der Waals surface area contributed by atoms with Crippen LogP contribution in [0.3, 0.4) is 0 Å². The van der Waals surface area contributed by atoms with Crippen molar-refractivity contribution >= 4 is 18.0 Å². The van der Waals surface area contributed by atoms with Gasteiger partial charge in [-0.2, -0.15) is 0 Å². The lowest BCUT2D eigenvalue weighted by Crippen LogP contribution is -2.00. The second kappa shape index (κ2) is 5.16. The molecule has 0 atom stereocenters. The monoisotopic (exact) mass is 224 g/mol. The van der Waals surface area contributed by atoms with Crippen molar-refractivity contribution < 1.29 is 23.5 Å². The molecular formula is C11H12O5. The smallest absolute Gasteiger partial charge is 0.341 e. The average Bonchev–Trinajstić information content (AvgIpc) is 2.66. The molecule has 0 aliphatic heterocycles. The maximum absolute atomic E-state index is 11.2. The van der Waals surface area contributed by atoms with Gasteiger partial charge in [0, 0.05) is 6.08 Å². The van der Waals surface area contributed by atoms with E-state index in [9.17, 15) is 9.59 Å². The van der Waals surface area contributed by atoms with Crippen LogP contribution in [0.25, 0.3) is 6.08 Å². The zero-order valence-electron chi connectivity index (χ0n) is 9.27. The van der Waals surface area contributed by atoms with E-state index in [1.165, 1.54) is 32.4 Å². The van der Waals surface area contributed by atoms with E-state index in [2.05, 4.69) is 9.47 Å². The highest BCUT2D eigenvalue weighted by Crippen LogP contribution is 2.16. The van der Waals surface area contributed by atoms with E-state index < -0.39 is 11.9 Å². The summed E-state index contributed by atoms with van der Waals surface area (Å²) in [5.41, 5.74) is 0.340. The summed E-state index contributed by atoms with van der Waals surface area (Å²) in [6.07, 6.45) is 2.63. The molecule has 0 aromatic carbocycles. The third-order valence-corrected chi connectivity index (χ3v) is 1.93. The summed E-state index contributed by atoms with van der Waals surface area (Å²) >= 11 is 0. The number of esters is 2. The van der Waals surface area contributed by atoms with Gasteiger partial charge in [0.1, 0.15) is 17.1 Å². The third-order valence-electron chi connectivity index (χ3n) is 1.93. The molecule has 0 aliphatic carbocycles. The fraction of sp³-hybridized carbons (Fsp3) is 0.273. The van der Waals surface area contributed by atoms with E-state index >= 15 is 0 Å². The van der Waals surface area contributed by atoms with E-state index in [1.54, 1.807) is 6.92 Å². The summed E-state index contributed by atoms with van der Waals surface area (Å²) in [6.45, 7) is 1.64. The number of carbonyl (C=O) groups is 2. The summed E-state index contributed by atoms with van der Waals surface area (Å²) < 4.78 is 14.2. The lowest BCUT2D eigenvalue weighted by atomic mass is 10.2. The molecule has 0 unspecified atom stereocenters. The first-order chi connectivity index (χ1) is 7.58. The van der Waals surface area contributed by atoms with Gasteiger partial charge in [-0.3, -0.25) is 0 Å². The zero-order valence-corrected chi connectivity index (χ0v) is 9.27. The Hall–Kier alpha value is -2.04. The van der Waals surface area contributed by atoms with Gasteiger partial charge in [-0.05, 0) is 19.1 Å². The van der Waals surface area contributed by atoms with E-state index in [4.69, 9.17) is 4.42 Å². The number of ether oxygens (including phenoxy) is 2. The Labute approximate surface area is 92.6 Å². The molecule has 0 N–H and O–H groups in total. The summed E-state index contributed by atoms with van der Waals surface area (Å²) in [6, 6.07) is 1.50. The van der Waals surface area contributed by atoms with Crippen molar-refractivity contribution in [3.05, 3.63) is 29.2 Å². The molecule has 1 aromatic heterocycles. The van der Waals surface area contributed by atoms with Crippen molar-refractivity contribution in [3.8, 4) is 0 Å². The van der Waals surface area contributed by atoms with Crippen LogP contribution in [0.5, 0.6) is 0 Å². The lowest BCUT2D eigenvalue weighted by molar-refractivity contribution is -0.134. The number of carbonyl (C=O) groups excluding carboxylic acids is 2. The molecular weight excluding hydrogens is 212 g/mol. The van der Waals surface area contributed by atoms with E-state index in [1.807, 2.05) is 0 Å².